The molecule has 0 atom stereocenters. The first-order valence-electron chi connectivity index (χ1n) is 7.48. The molecule has 2 aromatic carbocycles. The summed E-state index contributed by atoms with van der Waals surface area (Å²) in [4.78, 5) is 11.5. The second kappa shape index (κ2) is 7.12. The fourth-order valence-corrected chi connectivity index (χ4v) is 2.53. The maximum Gasteiger partial charge on any atom is 0.154 e. The first kappa shape index (κ1) is 16.1. The van der Waals surface area contributed by atoms with Gasteiger partial charge in [-0.2, -0.15) is 0 Å². The van der Waals surface area contributed by atoms with E-state index in [4.69, 9.17) is 9.47 Å². The third-order valence-electron chi connectivity index (χ3n) is 3.87. The molecule has 2 rings (SSSR count). The Morgan fingerprint density at radius 1 is 0.909 bits per heavy atom. The van der Waals surface area contributed by atoms with Gasteiger partial charge in [-0.15, -0.1) is 0 Å². The number of aldehydes is 1. The average Bonchev–Trinajstić information content (AvgIpc) is 2.54. The quantitative estimate of drug-likeness (QED) is 0.741. The van der Waals surface area contributed by atoms with Crippen LogP contribution in [0.5, 0.6) is 11.5 Å². The van der Waals surface area contributed by atoms with Crippen molar-refractivity contribution in [2.45, 2.75) is 34.3 Å². The maximum absolute atomic E-state index is 11.5. The van der Waals surface area contributed by atoms with Crippen molar-refractivity contribution in [1.82, 2.24) is 0 Å². The van der Waals surface area contributed by atoms with Crippen LogP contribution in [0, 0.1) is 20.8 Å². The highest BCUT2D eigenvalue weighted by Crippen LogP contribution is 2.37. The third-order valence-corrected chi connectivity index (χ3v) is 3.87. The SMILES string of the molecule is CCOc1c(C)c(C)c(OCc2ccccc2)c(C=O)c1C. The molecular formula is C19H22O3. The monoisotopic (exact) mass is 298 g/mol. The molecule has 0 aliphatic rings. The van der Waals surface area contributed by atoms with E-state index in [1.807, 2.05) is 58.0 Å². The topological polar surface area (TPSA) is 35.5 Å². The van der Waals surface area contributed by atoms with Gasteiger partial charge >= 0.3 is 0 Å². The minimum absolute atomic E-state index is 0.440. The van der Waals surface area contributed by atoms with E-state index in [0.29, 0.717) is 24.5 Å². The normalized spacial score (nSPS) is 10.4. The summed E-state index contributed by atoms with van der Waals surface area (Å²) in [6.07, 6.45) is 0.852. The number of carbonyl (C=O) groups is 1. The molecule has 116 valence electrons. The molecule has 0 aliphatic heterocycles. The lowest BCUT2D eigenvalue weighted by Gasteiger charge is -2.20. The van der Waals surface area contributed by atoms with E-state index in [9.17, 15) is 4.79 Å². The summed E-state index contributed by atoms with van der Waals surface area (Å²) in [5, 5.41) is 0. The van der Waals surface area contributed by atoms with Crippen LogP contribution >= 0.6 is 0 Å². The number of hydrogen-bond donors (Lipinski definition) is 0. The van der Waals surface area contributed by atoms with Crippen molar-refractivity contribution in [3.63, 3.8) is 0 Å². The van der Waals surface area contributed by atoms with Crippen LogP contribution in [0.25, 0.3) is 0 Å². The van der Waals surface area contributed by atoms with Gasteiger partial charge < -0.3 is 9.47 Å². The van der Waals surface area contributed by atoms with E-state index in [1.165, 1.54) is 0 Å². The van der Waals surface area contributed by atoms with Gasteiger partial charge in [-0.1, -0.05) is 30.3 Å². The predicted molar refractivity (Wildman–Crippen MR) is 88.0 cm³/mol. The molecule has 0 spiro atoms. The van der Waals surface area contributed by atoms with E-state index in [-0.39, 0.29) is 0 Å². The molecule has 0 unspecified atom stereocenters. The minimum atomic E-state index is 0.440. The lowest BCUT2D eigenvalue weighted by Crippen LogP contribution is -2.07. The fraction of sp³-hybridized carbons (Fsp3) is 0.316. The molecule has 3 nitrogen and oxygen atoms in total. The van der Waals surface area contributed by atoms with Gasteiger partial charge in [0.1, 0.15) is 18.1 Å². The average molecular weight is 298 g/mol. The molecule has 0 heterocycles. The Morgan fingerprint density at radius 3 is 2.14 bits per heavy atom. The molecule has 0 aromatic heterocycles. The number of hydrogen-bond acceptors (Lipinski definition) is 3. The van der Waals surface area contributed by atoms with Crippen LogP contribution in [0.4, 0.5) is 0 Å². The van der Waals surface area contributed by atoms with Gasteiger partial charge in [0.25, 0.3) is 0 Å². The maximum atomic E-state index is 11.5. The number of benzene rings is 2. The Hall–Kier alpha value is -2.29. The largest absolute Gasteiger partial charge is 0.493 e. The standard InChI is InChI=1S/C19H22O3/c1-5-21-18-13(2)14(3)19(17(11-20)15(18)4)22-12-16-9-7-6-8-10-16/h6-11H,5,12H2,1-4H3. The zero-order chi connectivity index (χ0) is 16.1. The lowest BCUT2D eigenvalue weighted by atomic mass is 9.98. The lowest BCUT2D eigenvalue weighted by molar-refractivity contribution is 0.111. The van der Waals surface area contributed by atoms with Crippen molar-refractivity contribution in [3.05, 3.63) is 58.1 Å². The van der Waals surface area contributed by atoms with Crippen molar-refractivity contribution < 1.29 is 14.3 Å². The Balaban J connectivity index is 2.40. The van der Waals surface area contributed by atoms with Gasteiger partial charge in [-0.3, -0.25) is 4.79 Å². The molecule has 0 saturated carbocycles. The molecule has 0 bridgehead atoms. The van der Waals surface area contributed by atoms with Crippen molar-refractivity contribution in [2.75, 3.05) is 6.61 Å². The third kappa shape index (κ3) is 3.14. The van der Waals surface area contributed by atoms with Gasteiger partial charge in [0, 0.05) is 5.56 Å². The molecule has 0 radical (unpaired) electrons. The molecule has 22 heavy (non-hydrogen) atoms. The summed E-state index contributed by atoms with van der Waals surface area (Å²) in [5.74, 6) is 1.44. The first-order chi connectivity index (χ1) is 10.6. The highest BCUT2D eigenvalue weighted by atomic mass is 16.5. The second-order valence-electron chi connectivity index (χ2n) is 5.27. The van der Waals surface area contributed by atoms with Gasteiger partial charge in [0.15, 0.2) is 6.29 Å². The molecule has 2 aromatic rings. The summed E-state index contributed by atoms with van der Waals surface area (Å²) in [7, 11) is 0. The van der Waals surface area contributed by atoms with E-state index >= 15 is 0 Å². The summed E-state index contributed by atoms with van der Waals surface area (Å²) in [6, 6.07) is 9.92. The van der Waals surface area contributed by atoms with Gasteiger partial charge in [-0.05, 0) is 44.4 Å². The van der Waals surface area contributed by atoms with Gasteiger partial charge in [-0.25, -0.2) is 0 Å². The highest BCUT2D eigenvalue weighted by molar-refractivity contribution is 5.85. The van der Waals surface area contributed by atoms with Crippen LogP contribution < -0.4 is 9.47 Å². The molecule has 0 amide bonds. The number of rotatable bonds is 6. The first-order valence-corrected chi connectivity index (χ1v) is 7.48. The Bertz CT molecular complexity index is 660. The van der Waals surface area contributed by atoms with E-state index < -0.39 is 0 Å². The second-order valence-corrected chi connectivity index (χ2v) is 5.27. The van der Waals surface area contributed by atoms with Crippen molar-refractivity contribution >= 4 is 6.29 Å². The van der Waals surface area contributed by atoms with Gasteiger partial charge in [0.05, 0.1) is 12.2 Å². The molecule has 0 saturated heterocycles. The molecule has 0 fully saturated rings. The smallest absolute Gasteiger partial charge is 0.154 e. The fourth-order valence-electron chi connectivity index (χ4n) is 2.53. The van der Waals surface area contributed by atoms with Crippen LogP contribution in [0.15, 0.2) is 30.3 Å². The van der Waals surface area contributed by atoms with Crippen LogP contribution in [0.1, 0.15) is 39.5 Å². The summed E-state index contributed by atoms with van der Waals surface area (Å²) in [6.45, 7) is 8.81. The van der Waals surface area contributed by atoms with Crippen LogP contribution in [-0.2, 0) is 6.61 Å². The highest BCUT2D eigenvalue weighted by Gasteiger charge is 2.19. The number of ether oxygens (including phenoxy) is 2. The van der Waals surface area contributed by atoms with Crippen molar-refractivity contribution in [2.24, 2.45) is 0 Å². The molecular weight excluding hydrogens is 276 g/mol. The zero-order valence-corrected chi connectivity index (χ0v) is 13.6. The van der Waals surface area contributed by atoms with Crippen molar-refractivity contribution in [1.29, 1.82) is 0 Å². The summed E-state index contributed by atoms with van der Waals surface area (Å²) in [5.41, 5.74) is 4.45. The molecule has 3 heteroatoms. The molecule has 0 N–H and O–H groups in total. The van der Waals surface area contributed by atoms with Crippen LogP contribution in [0.2, 0.25) is 0 Å². The minimum Gasteiger partial charge on any atom is -0.493 e. The van der Waals surface area contributed by atoms with E-state index in [2.05, 4.69) is 0 Å². The van der Waals surface area contributed by atoms with E-state index in [0.717, 1.165) is 34.3 Å². The van der Waals surface area contributed by atoms with E-state index in [1.54, 1.807) is 0 Å². The Kier molecular flexibility index (Phi) is 5.21. The van der Waals surface area contributed by atoms with Crippen molar-refractivity contribution in [3.8, 4) is 11.5 Å². The van der Waals surface area contributed by atoms with Gasteiger partial charge in [0.2, 0.25) is 0 Å². The molecule has 0 aliphatic carbocycles. The predicted octanol–water partition coefficient (Wildman–Crippen LogP) is 4.40. The Morgan fingerprint density at radius 2 is 1.55 bits per heavy atom. The Labute approximate surface area is 131 Å². The number of carbonyl (C=O) groups excluding carboxylic acids is 1. The summed E-state index contributed by atoms with van der Waals surface area (Å²) >= 11 is 0. The van der Waals surface area contributed by atoms with Crippen LogP contribution in [-0.4, -0.2) is 12.9 Å². The summed E-state index contributed by atoms with van der Waals surface area (Å²) < 4.78 is 11.6. The zero-order valence-electron chi connectivity index (χ0n) is 13.6. The van der Waals surface area contributed by atoms with Crippen LogP contribution in [0.3, 0.4) is 0 Å².